The number of hydrogen-bond donors (Lipinski definition) is 2. The van der Waals surface area contributed by atoms with Gasteiger partial charge in [0.05, 0.1) is 17.4 Å². The van der Waals surface area contributed by atoms with Crippen LogP contribution >= 0.6 is 24.8 Å². The molecule has 1 aromatic carbocycles. The van der Waals surface area contributed by atoms with E-state index in [9.17, 15) is 4.79 Å². The second-order valence-corrected chi connectivity index (χ2v) is 5.84. The standard InChI is InChI=1S/C16H22N4O.2ClH/c17-13-7-6-12(10-13)16(21)18-8-3-9-20-11-19-14-4-1-2-5-15(14)20;;/h1-2,4-5,11-13H,3,6-10,17H2,(H,18,21);2*1H. The summed E-state index contributed by atoms with van der Waals surface area (Å²) in [5.41, 5.74) is 8.00. The van der Waals surface area contributed by atoms with Gasteiger partial charge in [0, 0.05) is 25.0 Å². The minimum Gasteiger partial charge on any atom is -0.356 e. The van der Waals surface area contributed by atoms with E-state index in [1.807, 2.05) is 24.5 Å². The Hall–Kier alpha value is -1.30. The van der Waals surface area contributed by atoms with E-state index in [1.165, 1.54) is 0 Å². The number of nitrogens with zero attached hydrogens (tertiary/aromatic N) is 2. The topological polar surface area (TPSA) is 72.9 Å². The lowest BCUT2D eigenvalue weighted by Crippen LogP contribution is -2.31. The molecule has 1 aliphatic rings. The van der Waals surface area contributed by atoms with Gasteiger partial charge in [0.2, 0.25) is 5.91 Å². The van der Waals surface area contributed by atoms with Crippen molar-refractivity contribution < 1.29 is 4.79 Å². The Morgan fingerprint density at radius 2 is 2.09 bits per heavy atom. The van der Waals surface area contributed by atoms with E-state index in [4.69, 9.17) is 5.73 Å². The average molecular weight is 359 g/mol. The molecule has 0 radical (unpaired) electrons. The number of amides is 1. The van der Waals surface area contributed by atoms with E-state index in [0.717, 1.165) is 43.3 Å². The van der Waals surface area contributed by atoms with Gasteiger partial charge in [-0.05, 0) is 37.8 Å². The van der Waals surface area contributed by atoms with Crippen LogP contribution in [-0.2, 0) is 11.3 Å². The van der Waals surface area contributed by atoms with Crippen LogP contribution in [0.15, 0.2) is 30.6 Å². The molecule has 23 heavy (non-hydrogen) atoms. The minimum atomic E-state index is 0. The maximum absolute atomic E-state index is 12.0. The highest BCUT2D eigenvalue weighted by Gasteiger charge is 2.27. The van der Waals surface area contributed by atoms with Crippen LogP contribution in [0, 0.1) is 5.92 Å². The third kappa shape index (κ3) is 4.83. The zero-order valence-corrected chi connectivity index (χ0v) is 14.6. The van der Waals surface area contributed by atoms with Crippen LogP contribution in [-0.4, -0.2) is 28.0 Å². The number of aryl methyl sites for hydroxylation is 1. The molecule has 1 aliphatic carbocycles. The Kier molecular flexibility index (Phi) is 7.82. The molecule has 1 fully saturated rings. The Balaban J connectivity index is 0.00000132. The summed E-state index contributed by atoms with van der Waals surface area (Å²) in [7, 11) is 0. The second-order valence-electron chi connectivity index (χ2n) is 5.84. The quantitative estimate of drug-likeness (QED) is 0.806. The molecule has 0 spiro atoms. The molecule has 0 aliphatic heterocycles. The van der Waals surface area contributed by atoms with Gasteiger partial charge in [0.15, 0.2) is 0 Å². The van der Waals surface area contributed by atoms with Crippen molar-refractivity contribution in [1.82, 2.24) is 14.9 Å². The summed E-state index contributed by atoms with van der Waals surface area (Å²) in [6.07, 6.45) is 5.50. The summed E-state index contributed by atoms with van der Waals surface area (Å²) >= 11 is 0. The molecule has 0 saturated heterocycles. The van der Waals surface area contributed by atoms with Gasteiger partial charge >= 0.3 is 0 Å². The average Bonchev–Trinajstić information content (AvgIpc) is 3.10. The van der Waals surface area contributed by atoms with Crippen molar-refractivity contribution in [3.8, 4) is 0 Å². The van der Waals surface area contributed by atoms with E-state index in [1.54, 1.807) is 0 Å². The van der Waals surface area contributed by atoms with Crippen molar-refractivity contribution in [1.29, 1.82) is 0 Å². The molecular weight excluding hydrogens is 335 g/mol. The normalized spacial score (nSPS) is 19.9. The maximum atomic E-state index is 12.0. The Labute approximate surface area is 148 Å². The Morgan fingerprint density at radius 3 is 2.83 bits per heavy atom. The number of fused-ring (bicyclic) bond motifs is 1. The van der Waals surface area contributed by atoms with Crippen molar-refractivity contribution >= 4 is 41.8 Å². The first kappa shape index (κ1) is 19.7. The van der Waals surface area contributed by atoms with Crippen molar-refractivity contribution in [2.24, 2.45) is 11.7 Å². The Morgan fingerprint density at radius 1 is 1.30 bits per heavy atom. The van der Waals surface area contributed by atoms with E-state index >= 15 is 0 Å². The third-order valence-corrected chi connectivity index (χ3v) is 4.25. The van der Waals surface area contributed by atoms with Crippen LogP contribution in [0.1, 0.15) is 25.7 Å². The van der Waals surface area contributed by atoms with Gasteiger partial charge in [-0.25, -0.2) is 4.98 Å². The summed E-state index contributed by atoms with van der Waals surface area (Å²) in [4.78, 5) is 16.3. The number of aromatic nitrogens is 2. The van der Waals surface area contributed by atoms with Crippen LogP contribution < -0.4 is 11.1 Å². The van der Waals surface area contributed by atoms with Crippen LogP contribution in [0.5, 0.6) is 0 Å². The first-order valence-electron chi connectivity index (χ1n) is 7.67. The highest BCUT2D eigenvalue weighted by molar-refractivity contribution is 5.85. The number of rotatable bonds is 5. The molecule has 1 amide bonds. The third-order valence-electron chi connectivity index (χ3n) is 4.25. The lowest BCUT2D eigenvalue weighted by molar-refractivity contribution is -0.124. The predicted molar refractivity (Wildman–Crippen MR) is 97.2 cm³/mol. The number of hydrogen-bond acceptors (Lipinski definition) is 3. The number of carbonyl (C=O) groups is 1. The smallest absolute Gasteiger partial charge is 0.223 e. The molecule has 2 atom stereocenters. The van der Waals surface area contributed by atoms with Crippen molar-refractivity contribution in [3.05, 3.63) is 30.6 Å². The van der Waals surface area contributed by atoms with Crippen LogP contribution in [0.2, 0.25) is 0 Å². The summed E-state index contributed by atoms with van der Waals surface area (Å²) in [6.45, 7) is 1.57. The molecule has 2 unspecified atom stereocenters. The predicted octanol–water partition coefficient (Wildman–Crippen LogP) is 2.51. The fourth-order valence-corrected chi connectivity index (χ4v) is 3.05. The number of benzene rings is 1. The number of imidazole rings is 1. The largest absolute Gasteiger partial charge is 0.356 e. The number of halogens is 2. The lowest BCUT2D eigenvalue weighted by atomic mass is 10.1. The Bertz CT molecular complexity index is 631. The van der Waals surface area contributed by atoms with Crippen LogP contribution in [0.3, 0.4) is 0 Å². The number of nitrogens with one attached hydrogen (secondary N) is 1. The first-order valence-corrected chi connectivity index (χ1v) is 7.67. The van der Waals surface area contributed by atoms with Gasteiger partial charge in [-0.3, -0.25) is 4.79 Å². The first-order chi connectivity index (χ1) is 10.2. The molecule has 0 bridgehead atoms. The SMILES string of the molecule is Cl.Cl.NC1CCC(C(=O)NCCCn2cnc3ccccc32)C1. The molecular formula is C16H24Cl2N4O. The van der Waals surface area contributed by atoms with E-state index in [-0.39, 0.29) is 42.7 Å². The van der Waals surface area contributed by atoms with Crippen molar-refractivity contribution in [2.75, 3.05) is 6.54 Å². The minimum absolute atomic E-state index is 0. The maximum Gasteiger partial charge on any atom is 0.223 e. The number of para-hydroxylation sites is 2. The summed E-state index contributed by atoms with van der Waals surface area (Å²) < 4.78 is 2.13. The summed E-state index contributed by atoms with van der Waals surface area (Å²) in [5.74, 6) is 0.285. The van der Waals surface area contributed by atoms with Gasteiger partial charge in [0.25, 0.3) is 0 Å². The van der Waals surface area contributed by atoms with Gasteiger partial charge in [0.1, 0.15) is 0 Å². The van der Waals surface area contributed by atoms with Crippen LogP contribution in [0.25, 0.3) is 11.0 Å². The molecule has 128 valence electrons. The molecule has 2 aromatic rings. The van der Waals surface area contributed by atoms with Gasteiger partial charge in [-0.1, -0.05) is 12.1 Å². The highest BCUT2D eigenvalue weighted by atomic mass is 35.5. The molecule has 7 heteroatoms. The lowest BCUT2D eigenvalue weighted by Gasteiger charge is -2.11. The van der Waals surface area contributed by atoms with E-state index in [2.05, 4.69) is 20.9 Å². The van der Waals surface area contributed by atoms with Crippen molar-refractivity contribution in [3.63, 3.8) is 0 Å². The van der Waals surface area contributed by atoms with E-state index < -0.39 is 0 Å². The molecule has 5 nitrogen and oxygen atoms in total. The highest BCUT2D eigenvalue weighted by Crippen LogP contribution is 2.23. The molecule has 3 N–H and O–H groups in total. The fraction of sp³-hybridized carbons (Fsp3) is 0.500. The molecule has 3 rings (SSSR count). The van der Waals surface area contributed by atoms with Crippen LogP contribution in [0.4, 0.5) is 0 Å². The molecule has 1 saturated carbocycles. The van der Waals surface area contributed by atoms with Gasteiger partial charge in [-0.15, -0.1) is 24.8 Å². The zero-order chi connectivity index (χ0) is 14.7. The molecule has 1 heterocycles. The summed E-state index contributed by atoms with van der Waals surface area (Å²) in [6, 6.07) is 8.30. The van der Waals surface area contributed by atoms with Gasteiger partial charge < -0.3 is 15.6 Å². The summed E-state index contributed by atoms with van der Waals surface area (Å²) in [5, 5.41) is 3.03. The number of carbonyl (C=O) groups excluding carboxylic acids is 1. The fourth-order valence-electron chi connectivity index (χ4n) is 3.05. The van der Waals surface area contributed by atoms with E-state index in [0.29, 0.717) is 6.54 Å². The van der Waals surface area contributed by atoms with Gasteiger partial charge in [-0.2, -0.15) is 0 Å². The monoisotopic (exact) mass is 358 g/mol. The second kappa shape index (κ2) is 9.11. The number of nitrogens with two attached hydrogens (primary N) is 1. The molecule has 1 aromatic heterocycles. The van der Waals surface area contributed by atoms with Crippen molar-refractivity contribution in [2.45, 2.75) is 38.3 Å². The zero-order valence-electron chi connectivity index (χ0n) is 13.0.